The van der Waals surface area contributed by atoms with Crippen molar-refractivity contribution in [3.05, 3.63) is 65.7 Å². The topological polar surface area (TPSA) is 83.5 Å². The van der Waals surface area contributed by atoms with Crippen LogP contribution in [0.25, 0.3) is 6.08 Å². The van der Waals surface area contributed by atoms with Gasteiger partial charge in [0.1, 0.15) is 0 Å². The van der Waals surface area contributed by atoms with E-state index in [2.05, 4.69) is 4.72 Å². The van der Waals surface area contributed by atoms with E-state index in [1.54, 1.807) is 48.5 Å². The molecule has 6 heteroatoms. The fourth-order valence-corrected chi connectivity index (χ4v) is 3.11. The van der Waals surface area contributed by atoms with Crippen LogP contribution in [-0.2, 0) is 14.8 Å². The molecule has 22 heavy (non-hydrogen) atoms. The molecule has 0 radical (unpaired) electrons. The minimum absolute atomic E-state index is 0.0273. The number of benzene rings is 2. The molecule has 0 bridgehead atoms. The zero-order valence-electron chi connectivity index (χ0n) is 11.9. The van der Waals surface area contributed by atoms with E-state index in [1.807, 2.05) is 0 Å². The van der Waals surface area contributed by atoms with Crippen molar-refractivity contribution in [2.45, 2.75) is 11.8 Å². The molecule has 0 atom stereocenters. The van der Waals surface area contributed by atoms with Gasteiger partial charge in [0.05, 0.1) is 4.90 Å². The number of carbonyl (C=O) groups is 1. The summed E-state index contributed by atoms with van der Waals surface area (Å²) in [7, 11) is -3.80. The van der Waals surface area contributed by atoms with Crippen LogP contribution < -0.4 is 4.72 Å². The van der Waals surface area contributed by atoms with Gasteiger partial charge in [-0.25, -0.2) is 13.2 Å². The van der Waals surface area contributed by atoms with Crippen LogP contribution >= 0.6 is 0 Å². The molecule has 2 aromatic carbocycles. The Kier molecular flexibility index (Phi) is 4.62. The average Bonchev–Trinajstić information content (AvgIpc) is 2.48. The predicted octanol–water partition coefficient (Wildman–Crippen LogP) is 2.98. The summed E-state index contributed by atoms with van der Waals surface area (Å²) in [5.41, 5.74) is 0.824. The number of carboxylic acids is 1. The quantitative estimate of drug-likeness (QED) is 0.830. The molecule has 114 valence electrons. The van der Waals surface area contributed by atoms with Crippen LogP contribution in [-0.4, -0.2) is 19.5 Å². The molecule has 0 saturated carbocycles. The van der Waals surface area contributed by atoms with E-state index in [1.165, 1.54) is 19.1 Å². The number of nitrogens with one attached hydrogen (secondary N) is 1. The first-order valence-corrected chi connectivity index (χ1v) is 7.97. The van der Waals surface area contributed by atoms with Crippen molar-refractivity contribution in [3.63, 3.8) is 0 Å². The highest BCUT2D eigenvalue weighted by Gasteiger charge is 2.17. The van der Waals surface area contributed by atoms with E-state index in [4.69, 9.17) is 5.11 Å². The highest BCUT2D eigenvalue weighted by atomic mass is 32.2. The van der Waals surface area contributed by atoms with Crippen LogP contribution in [0.2, 0.25) is 0 Å². The number of hydrogen-bond acceptors (Lipinski definition) is 3. The monoisotopic (exact) mass is 317 g/mol. The Labute approximate surface area is 129 Å². The third-order valence-electron chi connectivity index (χ3n) is 2.94. The van der Waals surface area contributed by atoms with Gasteiger partial charge >= 0.3 is 5.97 Å². The van der Waals surface area contributed by atoms with Crippen molar-refractivity contribution in [2.75, 3.05) is 4.72 Å². The number of rotatable bonds is 5. The summed E-state index contributed by atoms with van der Waals surface area (Å²) in [6.45, 7) is 1.41. The van der Waals surface area contributed by atoms with Gasteiger partial charge < -0.3 is 5.11 Å². The number of anilines is 1. The molecule has 0 aliphatic heterocycles. The van der Waals surface area contributed by atoms with Crippen molar-refractivity contribution in [2.24, 2.45) is 0 Å². The Morgan fingerprint density at radius 2 is 1.64 bits per heavy atom. The van der Waals surface area contributed by atoms with Crippen molar-refractivity contribution < 1.29 is 18.3 Å². The molecular weight excluding hydrogens is 302 g/mol. The second-order valence-electron chi connectivity index (χ2n) is 4.64. The maximum Gasteiger partial charge on any atom is 0.331 e. The van der Waals surface area contributed by atoms with E-state index in [0.29, 0.717) is 11.3 Å². The van der Waals surface area contributed by atoms with Gasteiger partial charge in [-0.3, -0.25) is 4.72 Å². The Bertz CT molecular complexity index is 811. The van der Waals surface area contributed by atoms with Crippen molar-refractivity contribution in [1.82, 2.24) is 0 Å². The lowest BCUT2D eigenvalue weighted by molar-refractivity contribution is -0.132. The molecule has 0 heterocycles. The molecule has 2 rings (SSSR count). The average molecular weight is 317 g/mol. The number of carboxylic acid groups (broad SMARTS) is 1. The van der Waals surface area contributed by atoms with Crippen molar-refractivity contribution in [1.29, 1.82) is 0 Å². The van der Waals surface area contributed by atoms with Gasteiger partial charge in [-0.1, -0.05) is 36.4 Å². The van der Waals surface area contributed by atoms with Crippen LogP contribution in [0.3, 0.4) is 0 Å². The molecule has 0 saturated heterocycles. The highest BCUT2D eigenvalue weighted by molar-refractivity contribution is 7.92. The van der Waals surface area contributed by atoms with E-state index in [-0.39, 0.29) is 10.5 Å². The summed E-state index contributed by atoms with van der Waals surface area (Å²) in [6.07, 6.45) is 1.34. The van der Waals surface area contributed by atoms with Gasteiger partial charge in [0, 0.05) is 11.3 Å². The van der Waals surface area contributed by atoms with E-state index < -0.39 is 16.0 Å². The molecule has 5 nitrogen and oxygen atoms in total. The molecule has 2 aromatic rings. The SMILES string of the molecule is CC(=Cc1ccccc1S(=O)(=O)Nc1ccccc1)C(=O)O. The highest BCUT2D eigenvalue weighted by Crippen LogP contribution is 2.21. The number of hydrogen-bond donors (Lipinski definition) is 2. The molecule has 0 amide bonds. The van der Waals surface area contributed by atoms with E-state index in [9.17, 15) is 13.2 Å². The first-order chi connectivity index (χ1) is 10.4. The summed E-state index contributed by atoms with van der Waals surface area (Å²) in [5.74, 6) is -1.09. The van der Waals surface area contributed by atoms with Crippen LogP contribution in [0.15, 0.2) is 65.1 Å². The standard InChI is InChI=1S/C16H15NO4S/c1-12(16(18)19)11-13-7-5-6-10-15(13)22(20,21)17-14-8-3-2-4-9-14/h2-11,17H,1H3,(H,18,19). The lowest BCUT2D eigenvalue weighted by Gasteiger charge is -2.10. The Morgan fingerprint density at radius 3 is 2.27 bits per heavy atom. The summed E-state index contributed by atoms with van der Waals surface area (Å²) in [6, 6.07) is 14.7. The first-order valence-electron chi connectivity index (χ1n) is 6.48. The number of aliphatic carboxylic acids is 1. The van der Waals surface area contributed by atoms with E-state index >= 15 is 0 Å². The summed E-state index contributed by atoms with van der Waals surface area (Å²) in [5, 5.41) is 8.94. The minimum Gasteiger partial charge on any atom is -0.478 e. The second-order valence-corrected chi connectivity index (χ2v) is 6.29. The van der Waals surface area contributed by atoms with Gasteiger partial charge in [0.2, 0.25) is 0 Å². The maximum atomic E-state index is 12.5. The Morgan fingerprint density at radius 1 is 1.05 bits per heavy atom. The normalized spacial score (nSPS) is 12.0. The fraction of sp³-hybridized carbons (Fsp3) is 0.0625. The van der Waals surface area contributed by atoms with Gasteiger partial charge in [-0.2, -0.15) is 0 Å². The Hall–Kier alpha value is -2.60. The van der Waals surface area contributed by atoms with Crippen LogP contribution in [0.4, 0.5) is 5.69 Å². The van der Waals surface area contributed by atoms with Crippen LogP contribution in [0.1, 0.15) is 12.5 Å². The third kappa shape index (κ3) is 3.73. The molecule has 0 spiro atoms. The molecule has 0 aromatic heterocycles. The molecule has 0 unspecified atom stereocenters. The maximum absolute atomic E-state index is 12.5. The minimum atomic E-state index is -3.80. The number of sulfonamides is 1. The van der Waals surface area contributed by atoms with Crippen molar-refractivity contribution >= 4 is 27.8 Å². The summed E-state index contributed by atoms with van der Waals surface area (Å²) >= 11 is 0. The van der Waals surface area contributed by atoms with Gasteiger partial charge in [0.15, 0.2) is 0 Å². The van der Waals surface area contributed by atoms with E-state index in [0.717, 1.165) is 0 Å². The van der Waals surface area contributed by atoms with Crippen LogP contribution in [0, 0.1) is 0 Å². The van der Waals surface area contributed by atoms with Gasteiger partial charge in [0.25, 0.3) is 10.0 Å². The van der Waals surface area contributed by atoms with Gasteiger partial charge in [-0.05, 0) is 36.8 Å². The number of para-hydroxylation sites is 1. The zero-order valence-corrected chi connectivity index (χ0v) is 12.7. The zero-order chi connectivity index (χ0) is 16.2. The lowest BCUT2D eigenvalue weighted by atomic mass is 10.1. The summed E-state index contributed by atoms with van der Waals surface area (Å²) < 4.78 is 27.4. The molecule has 0 fully saturated rings. The fourth-order valence-electron chi connectivity index (χ4n) is 1.86. The third-order valence-corrected chi connectivity index (χ3v) is 4.40. The Balaban J connectivity index is 2.44. The van der Waals surface area contributed by atoms with Gasteiger partial charge in [-0.15, -0.1) is 0 Å². The van der Waals surface area contributed by atoms with Crippen molar-refractivity contribution in [3.8, 4) is 0 Å². The predicted molar refractivity (Wildman–Crippen MR) is 85.0 cm³/mol. The molecule has 2 N–H and O–H groups in total. The largest absolute Gasteiger partial charge is 0.478 e. The second kappa shape index (κ2) is 6.44. The summed E-state index contributed by atoms with van der Waals surface area (Å²) in [4.78, 5) is 10.9. The molecular formula is C16H15NO4S. The lowest BCUT2D eigenvalue weighted by Crippen LogP contribution is -2.14. The van der Waals surface area contributed by atoms with Crippen LogP contribution in [0.5, 0.6) is 0 Å². The molecule has 0 aliphatic rings. The molecule has 0 aliphatic carbocycles. The first kappa shape index (κ1) is 15.8. The smallest absolute Gasteiger partial charge is 0.331 e.